The van der Waals surface area contributed by atoms with Crippen LogP contribution in [0.15, 0.2) is 30.3 Å². The molecule has 0 spiro atoms. The van der Waals surface area contributed by atoms with Gasteiger partial charge in [-0.1, -0.05) is 46.9 Å². The number of hydrogen-bond donors (Lipinski definition) is 1. The van der Waals surface area contributed by atoms with E-state index in [1.54, 1.807) is 19.1 Å². The summed E-state index contributed by atoms with van der Waals surface area (Å²) in [5.41, 5.74) is 5.81. The minimum atomic E-state index is -1.08. The molecule has 1 unspecified atom stereocenters. The highest BCUT2D eigenvalue weighted by molar-refractivity contribution is 6.35. The minimum absolute atomic E-state index is 0.0108. The molecule has 2 aromatic carbocycles. The molecule has 0 radical (unpaired) electrons. The molecule has 0 saturated carbocycles. The van der Waals surface area contributed by atoms with E-state index in [0.29, 0.717) is 11.1 Å². The summed E-state index contributed by atoms with van der Waals surface area (Å²) in [6.07, 6.45) is 0.111. The van der Waals surface area contributed by atoms with E-state index in [1.807, 2.05) is 0 Å². The third kappa shape index (κ3) is 3.49. The first-order chi connectivity index (χ1) is 9.72. The van der Waals surface area contributed by atoms with E-state index in [0.717, 1.165) is 0 Å². The molecule has 0 amide bonds. The minimum Gasteiger partial charge on any atom is -0.321 e. The van der Waals surface area contributed by atoms with Crippen LogP contribution in [0.1, 0.15) is 18.1 Å². The Hall–Kier alpha value is -0.870. The van der Waals surface area contributed by atoms with Gasteiger partial charge >= 0.3 is 0 Å². The van der Waals surface area contributed by atoms with Crippen molar-refractivity contribution in [3.05, 3.63) is 68.2 Å². The van der Waals surface area contributed by atoms with Crippen molar-refractivity contribution in [2.45, 2.75) is 18.9 Å². The van der Waals surface area contributed by atoms with E-state index in [1.165, 1.54) is 18.2 Å². The Bertz CT molecular complexity index is 687. The molecular weight excluding hydrogens is 339 g/mol. The van der Waals surface area contributed by atoms with Crippen LogP contribution >= 0.6 is 34.8 Å². The Labute approximate surface area is 136 Å². The summed E-state index contributed by atoms with van der Waals surface area (Å²) in [5.74, 6) is -1.17. The van der Waals surface area contributed by atoms with Crippen molar-refractivity contribution in [3.8, 4) is 0 Å². The Kier molecular flexibility index (Phi) is 4.79. The van der Waals surface area contributed by atoms with Crippen LogP contribution in [0.4, 0.5) is 8.78 Å². The maximum Gasteiger partial charge on any atom is 0.145 e. The number of nitrogens with two attached hydrogens (primary N) is 1. The first-order valence-corrected chi connectivity index (χ1v) is 7.22. The van der Waals surface area contributed by atoms with E-state index in [2.05, 4.69) is 0 Å². The van der Waals surface area contributed by atoms with Gasteiger partial charge in [-0.25, -0.2) is 8.78 Å². The molecule has 0 fully saturated rings. The van der Waals surface area contributed by atoms with Crippen molar-refractivity contribution in [3.63, 3.8) is 0 Å². The summed E-state index contributed by atoms with van der Waals surface area (Å²) in [7, 11) is 0. The van der Waals surface area contributed by atoms with Crippen molar-refractivity contribution in [1.82, 2.24) is 0 Å². The zero-order valence-corrected chi connectivity index (χ0v) is 13.3. The fourth-order valence-electron chi connectivity index (χ4n) is 2.14. The monoisotopic (exact) mass is 349 g/mol. The third-order valence-corrected chi connectivity index (χ3v) is 4.11. The van der Waals surface area contributed by atoms with Gasteiger partial charge in [0.15, 0.2) is 0 Å². The predicted octanol–water partition coefficient (Wildman–Crippen LogP) is 5.34. The van der Waals surface area contributed by atoms with Crippen LogP contribution in [0.5, 0.6) is 0 Å². The molecule has 0 aromatic heterocycles. The fraction of sp³-hybridized carbons (Fsp3) is 0.200. The Morgan fingerprint density at radius 1 is 1.05 bits per heavy atom. The van der Waals surface area contributed by atoms with Crippen molar-refractivity contribution in [2.24, 2.45) is 5.73 Å². The summed E-state index contributed by atoms with van der Waals surface area (Å²) in [6, 6.07) is 7.11. The van der Waals surface area contributed by atoms with Crippen LogP contribution in [0.3, 0.4) is 0 Å². The molecule has 112 valence electrons. The van der Waals surface area contributed by atoms with Gasteiger partial charge in [-0.15, -0.1) is 0 Å². The molecule has 2 rings (SSSR count). The molecule has 1 nitrogen and oxygen atoms in total. The maximum absolute atomic E-state index is 14.0. The highest BCUT2D eigenvalue weighted by Crippen LogP contribution is 2.33. The van der Waals surface area contributed by atoms with Crippen LogP contribution in [-0.2, 0) is 12.0 Å². The SMILES string of the molecule is CC(N)(Cc1cccc(Cl)c1F)c1cc(F)c(Cl)cc1Cl. The molecule has 6 heteroatoms. The number of rotatable bonds is 3. The van der Waals surface area contributed by atoms with E-state index in [-0.39, 0.29) is 21.5 Å². The van der Waals surface area contributed by atoms with Crippen molar-refractivity contribution in [2.75, 3.05) is 0 Å². The molecule has 0 aliphatic rings. The van der Waals surface area contributed by atoms with Gasteiger partial charge in [0.25, 0.3) is 0 Å². The Morgan fingerprint density at radius 3 is 2.38 bits per heavy atom. The predicted molar refractivity (Wildman–Crippen MR) is 83.1 cm³/mol. The summed E-state index contributed by atoms with van der Waals surface area (Å²) < 4.78 is 27.6. The second-order valence-corrected chi connectivity index (χ2v) is 6.27. The van der Waals surface area contributed by atoms with Crippen LogP contribution < -0.4 is 5.73 Å². The van der Waals surface area contributed by atoms with Crippen LogP contribution in [-0.4, -0.2) is 0 Å². The lowest BCUT2D eigenvalue weighted by Crippen LogP contribution is -2.36. The van der Waals surface area contributed by atoms with Gasteiger partial charge in [0, 0.05) is 10.6 Å². The van der Waals surface area contributed by atoms with E-state index in [4.69, 9.17) is 40.5 Å². The molecule has 0 aliphatic carbocycles. The highest BCUT2D eigenvalue weighted by atomic mass is 35.5. The van der Waals surface area contributed by atoms with Crippen molar-refractivity contribution in [1.29, 1.82) is 0 Å². The molecule has 0 saturated heterocycles. The lowest BCUT2D eigenvalue weighted by molar-refractivity contribution is 0.472. The summed E-state index contributed by atoms with van der Waals surface area (Å²) >= 11 is 17.5. The lowest BCUT2D eigenvalue weighted by Gasteiger charge is -2.27. The third-order valence-electron chi connectivity index (χ3n) is 3.21. The van der Waals surface area contributed by atoms with Gasteiger partial charge in [-0.3, -0.25) is 0 Å². The van der Waals surface area contributed by atoms with E-state index < -0.39 is 17.2 Å². The average molecular weight is 351 g/mol. The molecule has 2 aromatic rings. The van der Waals surface area contributed by atoms with Crippen LogP contribution in [0, 0.1) is 11.6 Å². The molecular formula is C15H12Cl3F2N. The van der Waals surface area contributed by atoms with E-state index in [9.17, 15) is 8.78 Å². The highest BCUT2D eigenvalue weighted by Gasteiger charge is 2.27. The van der Waals surface area contributed by atoms with Crippen LogP contribution in [0.2, 0.25) is 15.1 Å². The van der Waals surface area contributed by atoms with Gasteiger partial charge in [0.2, 0.25) is 0 Å². The lowest BCUT2D eigenvalue weighted by atomic mass is 9.86. The summed E-state index contributed by atoms with van der Waals surface area (Å²) in [6.45, 7) is 1.64. The normalized spacial score (nSPS) is 14.0. The molecule has 0 heterocycles. The largest absolute Gasteiger partial charge is 0.321 e. The Morgan fingerprint density at radius 2 is 1.71 bits per heavy atom. The van der Waals surface area contributed by atoms with Gasteiger partial charge in [-0.2, -0.15) is 0 Å². The van der Waals surface area contributed by atoms with Crippen LogP contribution in [0.25, 0.3) is 0 Å². The Balaban J connectivity index is 2.43. The standard InChI is InChI=1S/C15H12Cl3F2N/c1-15(21,7-8-3-2-4-10(16)14(8)20)9-5-13(19)12(18)6-11(9)17/h2-6H,7,21H2,1H3. The zero-order chi connectivity index (χ0) is 15.8. The average Bonchev–Trinajstić information content (AvgIpc) is 2.39. The fourth-order valence-corrected chi connectivity index (χ4v) is 2.93. The van der Waals surface area contributed by atoms with Gasteiger partial charge in [0.1, 0.15) is 11.6 Å². The molecule has 2 N–H and O–H groups in total. The topological polar surface area (TPSA) is 26.0 Å². The van der Waals surface area contributed by atoms with Gasteiger partial charge in [0.05, 0.1) is 10.0 Å². The quantitative estimate of drug-likeness (QED) is 0.743. The number of benzene rings is 2. The molecule has 21 heavy (non-hydrogen) atoms. The van der Waals surface area contributed by atoms with Crippen molar-refractivity contribution >= 4 is 34.8 Å². The second kappa shape index (κ2) is 6.09. The molecule has 0 aliphatic heterocycles. The van der Waals surface area contributed by atoms with Crippen molar-refractivity contribution < 1.29 is 8.78 Å². The summed E-state index contributed by atoms with van der Waals surface area (Å²) in [4.78, 5) is 0. The zero-order valence-electron chi connectivity index (χ0n) is 11.1. The second-order valence-electron chi connectivity index (χ2n) is 5.05. The van der Waals surface area contributed by atoms with E-state index >= 15 is 0 Å². The maximum atomic E-state index is 14.0. The number of halogens is 5. The van der Waals surface area contributed by atoms with Gasteiger partial charge in [-0.05, 0) is 42.7 Å². The number of hydrogen-bond acceptors (Lipinski definition) is 1. The summed E-state index contributed by atoms with van der Waals surface area (Å²) in [5, 5.41) is 0.152. The van der Waals surface area contributed by atoms with Gasteiger partial charge < -0.3 is 5.73 Å². The first kappa shape index (κ1) is 16.5. The smallest absolute Gasteiger partial charge is 0.145 e. The first-order valence-electron chi connectivity index (χ1n) is 6.09. The molecule has 1 atom stereocenters. The molecule has 0 bridgehead atoms.